The molecule has 20 nitrogen and oxygen atoms in total. The van der Waals surface area contributed by atoms with Crippen molar-refractivity contribution in [2.75, 3.05) is 52.6 Å². The highest BCUT2D eigenvalue weighted by molar-refractivity contribution is 6.16. The second kappa shape index (κ2) is 18.9. The summed E-state index contributed by atoms with van der Waals surface area (Å²) in [5.41, 5.74) is 4.34. The molecule has 0 saturated carbocycles. The third kappa shape index (κ3) is 9.04. The number of halogens is 1. The van der Waals surface area contributed by atoms with Gasteiger partial charge in [0.05, 0.1) is 42.1 Å². The van der Waals surface area contributed by atoms with Crippen molar-refractivity contribution in [1.82, 2.24) is 78.6 Å². The molecule has 21 heteroatoms. The van der Waals surface area contributed by atoms with E-state index in [9.17, 15) is 9.59 Å². The van der Waals surface area contributed by atoms with Gasteiger partial charge in [-0.15, -0.1) is 11.6 Å². The van der Waals surface area contributed by atoms with E-state index in [-0.39, 0.29) is 28.9 Å². The molecule has 12 heterocycles. The highest BCUT2D eigenvalue weighted by Crippen LogP contribution is 2.32. The van der Waals surface area contributed by atoms with Crippen molar-refractivity contribution in [1.29, 1.82) is 0 Å². The fourth-order valence-corrected chi connectivity index (χ4v) is 9.65. The summed E-state index contributed by atoms with van der Waals surface area (Å²) >= 11 is 5.59. The Kier molecular flexibility index (Phi) is 12.5. The minimum atomic E-state index is -0.127. The minimum absolute atomic E-state index is 0.102. The predicted octanol–water partition coefficient (Wildman–Crippen LogP) is 3.69. The summed E-state index contributed by atoms with van der Waals surface area (Å²) in [5.74, 6) is 5.52. The molecule has 4 saturated heterocycles. The van der Waals surface area contributed by atoms with E-state index >= 15 is 0 Å². The third-order valence-electron chi connectivity index (χ3n) is 13.1. The van der Waals surface area contributed by atoms with Gasteiger partial charge >= 0.3 is 0 Å². The van der Waals surface area contributed by atoms with Crippen LogP contribution >= 0.6 is 11.6 Å². The van der Waals surface area contributed by atoms with Gasteiger partial charge in [-0.3, -0.25) is 14.5 Å². The SMILES string of the molecule is CC1CN(Cc2cn3ncccc3n2)CC1c1nn2c(C3CCOCC3)ncc2c(=O)[nH]1.CC1CNCC1c1nn2c(C3CCOCC3)ncc2c(=O)[nH]1.ClCc1cn2ncccc2n1. The number of ether oxygens (including phenoxy) is 2. The first-order valence-electron chi connectivity index (χ1n) is 22.5. The second-order valence-corrected chi connectivity index (χ2v) is 17.8. The summed E-state index contributed by atoms with van der Waals surface area (Å²) in [6.07, 6.45) is 14.2. The molecule has 65 heavy (non-hydrogen) atoms. The fraction of sp³-hybridized carbons (Fsp3) is 0.500. The molecule has 12 rings (SSSR count). The maximum Gasteiger partial charge on any atom is 0.276 e. The lowest BCUT2D eigenvalue weighted by Crippen LogP contribution is -2.24. The van der Waals surface area contributed by atoms with Crippen LogP contribution in [-0.2, 0) is 21.9 Å². The van der Waals surface area contributed by atoms with Gasteiger partial charge in [-0.1, -0.05) is 13.8 Å². The molecule has 3 N–H and O–H groups in total. The number of aromatic amines is 2. The smallest absolute Gasteiger partial charge is 0.276 e. The van der Waals surface area contributed by atoms with Crippen LogP contribution in [0, 0.1) is 11.8 Å². The largest absolute Gasteiger partial charge is 0.381 e. The lowest BCUT2D eigenvalue weighted by molar-refractivity contribution is 0.0831. The summed E-state index contributed by atoms with van der Waals surface area (Å²) in [4.78, 5) is 51.4. The van der Waals surface area contributed by atoms with Crippen molar-refractivity contribution in [3.63, 3.8) is 0 Å². The van der Waals surface area contributed by atoms with Crippen LogP contribution in [0.15, 0.2) is 71.0 Å². The van der Waals surface area contributed by atoms with E-state index in [1.54, 1.807) is 42.8 Å². The van der Waals surface area contributed by atoms with E-state index in [1.807, 2.05) is 36.7 Å². The Morgan fingerprint density at radius 2 is 1.23 bits per heavy atom. The average Bonchev–Trinajstić information content (AvgIpc) is 4.20. The number of rotatable bonds is 7. The Labute approximate surface area is 377 Å². The van der Waals surface area contributed by atoms with Crippen LogP contribution in [0.3, 0.4) is 0 Å². The van der Waals surface area contributed by atoms with Gasteiger partial charge in [-0.05, 0) is 68.3 Å². The molecule has 0 bridgehead atoms. The van der Waals surface area contributed by atoms with Crippen molar-refractivity contribution < 1.29 is 9.47 Å². The van der Waals surface area contributed by atoms with Crippen molar-refractivity contribution >= 4 is 33.9 Å². The molecule has 4 aliphatic heterocycles. The molecular formula is C44H53ClN16O4. The van der Waals surface area contributed by atoms with Crippen LogP contribution in [0.5, 0.6) is 0 Å². The molecule has 0 spiro atoms. The maximum absolute atomic E-state index is 12.8. The molecule has 0 amide bonds. The van der Waals surface area contributed by atoms with Gasteiger partial charge in [0.15, 0.2) is 22.3 Å². The van der Waals surface area contributed by atoms with E-state index in [0.29, 0.717) is 34.7 Å². The van der Waals surface area contributed by atoms with Gasteiger partial charge in [0.2, 0.25) is 0 Å². The molecule has 4 fully saturated rings. The van der Waals surface area contributed by atoms with Crippen LogP contribution in [0.2, 0.25) is 0 Å². The molecule has 340 valence electrons. The van der Waals surface area contributed by atoms with Crippen LogP contribution in [-0.4, -0.2) is 126 Å². The van der Waals surface area contributed by atoms with Gasteiger partial charge in [0.25, 0.3) is 11.1 Å². The number of fused-ring (bicyclic) bond motifs is 4. The van der Waals surface area contributed by atoms with E-state index in [1.165, 1.54) is 0 Å². The van der Waals surface area contributed by atoms with Crippen molar-refractivity contribution in [2.24, 2.45) is 11.8 Å². The lowest BCUT2D eigenvalue weighted by Gasteiger charge is -2.21. The van der Waals surface area contributed by atoms with Crippen LogP contribution < -0.4 is 16.4 Å². The first kappa shape index (κ1) is 43.0. The number of aromatic nitrogens is 14. The first-order valence-corrected chi connectivity index (χ1v) is 23.0. The van der Waals surface area contributed by atoms with E-state index < -0.39 is 0 Å². The molecule has 0 aromatic carbocycles. The van der Waals surface area contributed by atoms with Gasteiger partial charge in [-0.2, -0.15) is 20.4 Å². The third-order valence-corrected chi connectivity index (χ3v) is 13.3. The van der Waals surface area contributed by atoms with Gasteiger partial charge in [0, 0.05) is 88.7 Å². The highest BCUT2D eigenvalue weighted by atomic mass is 35.5. The Morgan fingerprint density at radius 3 is 1.75 bits per heavy atom. The number of H-pyrrole nitrogens is 2. The van der Waals surface area contributed by atoms with E-state index in [0.717, 1.165) is 131 Å². The summed E-state index contributed by atoms with van der Waals surface area (Å²) in [6, 6.07) is 7.59. The second-order valence-electron chi connectivity index (χ2n) is 17.5. The monoisotopic (exact) mass is 904 g/mol. The number of nitrogens with one attached hydrogen (secondary N) is 3. The van der Waals surface area contributed by atoms with Crippen LogP contribution in [0.4, 0.5) is 0 Å². The number of hydrogen-bond donors (Lipinski definition) is 3. The van der Waals surface area contributed by atoms with Gasteiger partial charge in [0.1, 0.15) is 23.3 Å². The number of hydrogen-bond acceptors (Lipinski definition) is 14. The van der Waals surface area contributed by atoms with Crippen LogP contribution in [0.1, 0.15) is 97.9 Å². The number of likely N-dealkylation sites (tertiary alicyclic amines) is 1. The minimum Gasteiger partial charge on any atom is -0.381 e. The maximum atomic E-state index is 12.8. The number of imidazole rings is 4. The zero-order valence-corrected chi connectivity index (χ0v) is 37.2. The molecule has 0 radical (unpaired) electrons. The van der Waals surface area contributed by atoms with Gasteiger partial charge in [-0.25, -0.2) is 38.0 Å². The molecule has 8 aromatic heterocycles. The number of nitrogens with zero attached hydrogens (tertiary/aromatic N) is 13. The number of alkyl halides is 1. The Hall–Kier alpha value is -5.93. The van der Waals surface area contributed by atoms with E-state index in [2.05, 4.69) is 64.2 Å². The van der Waals surface area contributed by atoms with E-state index in [4.69, 9.17) is 31.3 Å². The molecule has 4 atom stereocenters. The highest BCUT2D eigenvalue weighted by Gasteiger charge is 2.34. The molecular weight excluding hydrogens is 852 g/mol. The summed E-state index contributed by atoms with van der Waals surface area (Å²) in [6.45, 7) is 11.7. The summed E-state index contributed by atoms with van der Waals surface area (Å²) in [7, 11) is 0. The molecule has 8 aromatic rings. The van der Waals surface area contributed by atoms with Crippen LogP contribution in [0.25, 0.3) is 22.3 Å². The Bertz CT molecular complexity index is 2950. The Balaban J connectivity index is 0.000000129. The molecule has 0 aliphatic carbocycles. The van der Waals surface area contributed by atoms with Gasteiger partial charge < -0.3 is 24.8 Å². The summed E-state index contributed by atoms with van der Waals surface area (Å²) in [5, 5.41) is 21.3. The standard InChI is InChI=1S/C22H26N8O2.C15H21N5O2.C7H6ClN3/c1-14-10-28(11-16-12-29-19(25-16)3-2-6-24-29)13-17(14)20-26-22(31)18-9-23-21(30(18)27-20)15-4-7-32-8-5-15;1-9-6-16-7-11(9)13-18-15(21)12-8-17-14(20(12)19-13)10-2-4-22-5-3-10;8-4-6-5-11-7(10-6)2-1-3-9-11/h2-3,6,9,12,14-15,17H,4-5,7-8,10-11,13H2,1H3,(H,26,27,31);8-11,16H,2-7H2,1H3,(H,18,19,21);1-3,5H,4H2. The topological polar surface area (TPSA) is 220 Å². The Morgan fingerprint density at radius 1 is 0.692 bits per heavy atom. The summed E-state index contributed by atoms with van der Waals surface area (Å²) < 4.78 is 17.9. The van der Waals surface area contributed by atoms with Crippen molar-refractivity contribution in [3.05, 3.63) is 117 Å². The molecule has 4 aliphatic rings. The average molecular weight is 905 g/mol. The zero-order chi connectivity index (χ0) is 44.4. The molecule has 4 unspecified atom stereocenters. The van der Waals surface area contributed by atoms with Crippen molar-refractivity contribution in [2.45, 2.75) is 75.6 Å². The van der Waals surface area contributed by atoms with Crippen molar-refractivity contribution in [3.8, 4) is 0 Å². The predicted molar refractivity (Wildman–Crippen MR) is 240 cm³/mol. The normalized spacial score (nSPS) is 22.1. The fourth-order valence-electron chi connectivity index (χ4n) is 9.53. The lowest BCUT2D eigenvalue weighted by atomic mass is 9.97. The quantitative estimate of drug-likeness (QED) is 0.194. The zero-order valence-electron chi connectivity index (χ0n) is 36.5. The first-order chi connectivity index (χ1) is 31.8.